The van der Waals surface area contributed by atoms with E-state index >= 15 is 0 Å². The van der Waals surface area contributed by atoms with Crippen molar-refractivity contribution < 1.29 is 18.9 Å². The lowest BCUT2D eigenvalue weighted by atomic mass is 10.1. The van der Waals surface area contributed by atoms with Gasteiger partial charge < -0.3 is 20.8 Å². The summed E-state index contributed by atoms with van der Waals surface area (Å²) in [5, 5.41) is 2.82. The quantitative estimate of drug-likeness (QED) is 0.166. The summed E-state index contributed by atoms with van der Waals surface area (Å²) >= 11 is 0. The predicted molar refractivity (Wildman–Crippen MR) is 147 cm³/mol. The molecule has 0 saturated carbocycles. The van der Waals surface area contributed by atoms with Crippen LogP contribution < -0.4 is 20.5 Å². The van der Waals surface area contributed by atoms with E-state index in [-0.39, 0.29) is 5.82 Å². The third kappa shape index (κ3) is 5.71. The van der Waals surface area contributed by atoms with E-state index in [1.54, 1.807) is 12.3 Å². The van der Waals surface area contributed by atoms with E-state index in [0.717, 1.165) is 49.2 Å². The molecule has 38 heavy (non-hydrogen) atoms. The number of nitrogens with two attached hydrogens (primary N) is 1. The van der Waals surface area contributed by atoms with Crippen LogP contribution in [-0.2, 0) is 35.6 Å². The van der Waals surface area contributed by atoms with Crippen LogP contribution in [0.3, 0.4) is 0 Å². The molecule has 0 aliphatic rings. The Hall–Kier alpha value is -4.15. The lowest BCUT2D eigenvalue weighted by Gasteiger charge is -2.19. The van der Waals surface area contributed by atoms with E-state index in [2.05, 4.69) is 61.4 Å². The summed E-state index contributed by atoms with van der Waals surface area (Å²) < 4.78 is 9.73. The predicted octanol–water partition coefficient (Wildman–Crippen LogP) is 3.44. The third-order valence-corrected chi connectivity index (χ3v) is 6.29. The summed E-state index contributed by atoms with van der Waals surface area (Å²) in [6.07, 6.45) is 3.69. The van der Waals surface area contributed by atoms with Gasteiger partial charge in [-0.3, -0.25) is 9.69 Å². The fourth-order valence-corrected chi connectivity index (χ4v) is 4.67. The normalized spacial score (nSPS) is 11.7. The summed E-state index contributed by atoms with van der Waals surface area (Å²) in [6, 6.07) is 8.23. The highest BCUT2D eigenvalue weighted by Gasteiger charge is 2.27. The second kappa shape index (κ2) is 11.1. The zero-order valence-electron chi connectivity index (χ0n) is 22.7. The molecule has 3 heterocycles. The highest BCUT2D eigenvalue weighted by Crippen LogP contribution is 2.24. The average molecular weight is 522 g/mol. The molecule has 0 bridgehead atoms. The molecular formula is C27H37N8O3+. The van der Waals surface area contributed by atoms with E-state index in [1.807, 2.05) is 20.8 Å². The van der Waals surface area contributed by atoms with Gasteiger partial charge in [0.2, 0.25) is 6.41 Å². The Morgan fingerprint density at radius 3 is 2.74 bits per heavy atom. The van der Waals surface area contributed by atoms with Gasteiger partial charge in [-0.25, -0.2) is 23.9 Å². The first kappa shape index (κ1) is 26.9. The van der Waals surface area contributed by atoms with Crippen LogP contribution in [-0.4, -0.2) is 44.2 Å². The van der Waals surface area contributed by atoms with Gasteiger partial charge in [0.1, 0.15) is 17.7 Å². The number of carbonyl (C=O) groups excluding carboxylic acids is 2. The van der Waals surface area contributed by atoms with Gasteiger partial charge in [-0.05, 0) is 71.2 Å². The molecule has 0 fully saturated rings. The topological polar surface area (TPSA) is 135 Å². The Balaban J connectivity index is 1.57. The number of benzene rings is 1. The Bertz CT molecular complexity index is 1450. The summed E-state index contributed by atoms with van der Waals surface area (Å²) in [5.74, 6) is 1.49. The number of hydrogen-bond donors (Lipinski definition) is 3. The second-order valence-corrected chi connectivity index (χ2v) is 10.1. The minimum atomic E-state index is -0.514. The molecule has 0 radical (unpaired) electrons. The van der Waals surface area contributed by atoms with E-state index in [1.165, 1.54) is 10.5 Å². The molecule has 3 aromatic heterocycles. The number of aromatic amines is 1. The van der Waals surface area contributed by atoms with E-state index in [0.29, 0.717) is 30.1 Å². The number of carbonyl (C=O) groups is 2. The molecule has 0 aliphatic carbocycles. The number of hydrogen-bond acceptors (Lipinski definition) is 6. The Labute approximate surface area is 222 Å². The van der Waals surface area contributed by atoms with Gasteiger partial charge in [-0.15, -0.1) is 0 Å². The molecule has 4 rings (SSSR count). The summed E-state index contributed by atoms with van der Waals surface area (Å²) in [5.41, 5.74) is 10.2. The van der Waals surface area contributed by atoms with Gasteiger partial charge in [-0.2, -0.15) is 0 Å². The van der Waals surface area contributed by atoms with Gasteiger partial charge in [0.15, 0.2) is 28.3 Å². The zero-order valence-corrected chi connectivity index (χ0v) is 22.7. The Morgan fingerprint density at radius 2 is 2.05 bits per heavy atom. The number of rotatable bonds is 10. The van der Waals surface area contributed by atoms with E-state index in [9.17, 15) is 9.59 Å². The second-order valence-electron chi connectivity index (χ2n) is 10.1. The van der Waals surface area contributed by atoms with Crippen molar-refractivity contribution >= 4 is 46.3 Å². The molecule has 2 amide bonds. The lowest BCUT2D eigenvalue weighted by molar-refractivity contribution is -0.676. The van der Waals surface area contributed by atoms with Crippen molar-refractivity contribution in [3.63, 3.8) is 0 Å². The van der Waals surface area contributed by atoms with Crippen molar-refractivity contribution in [2.45, 2.75) is 72.7 Å². The number of nitrogens with zero attached hydrogens (tertiary/aromatic N) is 5. The standard InChI is InChI=1S/C27H36N8O3/c1-6-34-20-11-10-18(9-8-13-30-26(37)38-27(3,4)5)15-21(20)35(7-2)22(34)16-33(17-36)25-23(28)32-24-19(31-25)12-14-29-24/h10-12,14-15,17H,6-9,13,16H2,1-5H3,(H3-,28,29,30,31,32,37)/p+1. The lowest BCUT2D eigenvalue weighted by Crippen LogP contribution is -2.40. The first-order valence-electron chi connectivity index (χ1n) is 13.0. The molecule has 0 atom stereocenters. The van der Waals surface area contributed by atoms with Gasteiger partial charge in [0.05, 0.1) is 13.1 Å². The van der Waals surface area contributed by atoms with Gasteiger partial charge in [-0.1, -0.05) is 6.07 Å². The largest absolute Gasteiger partial charge is 0.444 e. The fourth-order valence-electron chi connectivity index (χ4n) is 4.67. The van der Waals surface area contributed by atoms with Crippen LogP contribution in [0.1, 0.15) is 52.4 Å². The number of anilines is 2. The number of alkyl carbamates (subject to hydrolysis) is 1. The van der Waals surface area contributed by atoms with Gasteiger partial charge >= 0.3 is 6.09 Å². The van der Waals surface area contributed by atoms with E-state index in [4.69, 9.17) is 10.5 Å². The number of fused-ring (bicyclic) bond motifs is 2. The number of H-pyrrole nitrogens is 1. The smallest absolute Gasteiger partial charge is 0.407 e. The van der Waals surface area contributed by atoms with Crippen molar-refractivity contribution in [1.82, 2.24) is 24.8 Å². The molecule has 0 aliphatic heterocycles. The Kier molecular flexibility index (Phi) is 7.84. The van der Waals surface area contributed by atoms with Crippen LogP contribution in [0, 0.1) is 0 Å². The molecule has 11 nitrogen and oxygen atoms in total. The fraction of sp³-hybridized carbons (Fsp3) is 0.444. The van der Waals surface area contributed by atoms with Crippen LogP contribution in [0.15, 0.2) is 30.5 Å². The number of amides is 2. The molecule has 0 saturated heterocycles. The number of imidazole rings is 1. The SMILES string of the molecule is CCn1c(CN(C=O)c2nc3cc[nH]c3nc2N)[n+](CC)c2ccc(CCCNC(=O)OC(C)(C)C)cc21. The molecule has 1 aromatic carbocycles. The number of nitrogens with one attached hydrogen (secondary N) is 2. The van der Waals surface area contributed by atoms with Crippen LogP contribution in [0.5, 0.6) is 0 Å². The minimum Gasteiger partial charge on any atom is -0.444 e. The number of nitrogen functional groups attached to an aromatic ring is 1. The summed E-state index contributed by atoms with van der Waals surface area (Å²) in [4.78, 5) is 37.5. The molecule has 11 heteroatoms. The van der Waals surface area contributed by atoms with E-state index < -0.39 is 11.7 Å². The van der Waals surface area contributed by atoms with Crippen molar-refractivity contribution in [2.75, 3.05) is 17.2 Å². The van der Waals surface area contributed by atoms with Crippen LogP contribution in [0.25, 0.3) is 22.2 Å². The van der Waals surface area contributed by atoms with Crippen molar-refractivity contribution in [3.05, 3.63) is 41.9 Å². The maximum absolute atomic E-state index is 12.2. The highest BCUT2D eigenvalue weighted by atomic mass is 16.6. The first-order valence-corrected chi connectivity index (χ1v) is 13.0. The summed E-state index contributed by atoms with van der Waals surface area (Å²) in [6.45, 7) is 12.0. The van der Waals surface area contributed by atoms with Crippen LogP contribution >= 0.6 is 0 Å². The average Bonchev–Trinajstić information content (AvgIpc) is 3.44. The number of aryl methyl sites for hydroxylation is 3. The maximum Gasteiger partial charge on any atom is 0.407 e. The molecule has 0 unspecified atom stereocenters. The monoisotopic (exact) mass is 521 g/mol. The van der Waals surface area contributed by atoms with Crippen LogP contribution in [0.4, 0.5) is 16.4 Å². The molecule has 0 spiro atoms. The number of ether oxygens (including phenoxy) is 1. The zero-order chi connectivity index (χ0) is 27.4. The third-order valence-electron chi connectivity index (χ3n) is 6.29. The molecule has 202 valence electrons. The van der Waals surface area contributed by atoms with Crippen molar-refractivity contribution in [1.29, 1.82) is 0 Å². The van der Waals surface area contributed by atoms with Crippen LogP contribution in [0.2, 0.25) is 0 Å². The first-order chi connectivity index (χ1) is 18.1. The molecular weight excluding hydrogens is 484 g/mol. The van der Waals surface area contributed by atoms with Gasteiger partial charge in [0, 0.05) is 12.7 Å². The summed E-state index contributed by atoms with van der Waals surface area (Å²) in [7, 11) is 0. The van der Waals surface area contributed by atoms with Gasteiger partial charge in [0.25, 0.3) is 5.82 Å². The molecule has 4 aromatic rings. The Morgan fingerprint density at radius 1 is 1.26 bits per heavy atom. The van der Waals surface area contributed by atoms with Crippen molar-refractivity contribution in [3.8, 4) is 0 Å². The highest BCUT2D eigenvalue weighted by molar-refractivity contribution is 5.84. The maximum atomic E-state index is 12.2. The number of aromatic nitrogens is 5. The van der Waals surface area contributed by atoms with Crippen molar-refractivity contribution in [2.24, 2.45) is 0 Å². The molecule has 4 N–H and O–H groups in total. The minimum absolute atomic E-state index is 0.191.